The zero-order chi connectivity index (χ0) is 25.0. The number of rotatable bonds is 3. The summed E-state index contributed by atoms with van der Waals surface area (Å²) in [4.78, 5) is 26.3. The van der Waals surface area contributed by atoms with Crippen LogP contribution in [-0.4, -0.2) is 27.0 Å². The van der Waals surface area contributed by atoms with Crippen molar-refractivity contribution < 1.29 is 14.4 Å². The zero-order valence-electron chi connectivity index (χ0n) is 19.2. The Kier molecular flexibility index (Phi) is 5.28. The highest BCUT2D eigenvalue weighted by atomic mass is 35.5. The molecule has 2 unspecified atom stereocenters. The molecule has 3 aromatic carbocycles. The molecule has 3 N–H and O–H groups in total. The number of carbonyl (C=O) groups is 1. The number of halogens is 1. The summed E-state index contributed by atoms with van der Waals surface area (Å²) in [6.45, 7) is 1.69. The molecule has 0 radical (unpaired) electrons. The van der Waals surface area contributed by atoms with Gasteiger partial charge >= 0.3 is 6.03 Å². The Bertz CT molecular complexity index is 1710. The van der Waals surface area contributed by atoms with E-state index >= 15 is 0 Å². The molecule has 36 heavy (non-hydrogen) atoms. The molecule has 0 fully saturated rings. The fourth-order valence-corrected chi connectivity index (χ4v) is 5.22. The predicted octanol–water partition coefficient (Wildman–Crippen LogP) is 4.87. The summed E-state index contributed by atoms with van der Waals surface area (Å²) in [6.07, 6.45) is -0.417. The maximum atomic E-state index is 13.7. The van der Waals surface area contributed by atoms with Gasteiger partial charge in [0.25, 0.3) is 5.56 Å². The quantitative estimate of drug-likeness (QED) is 0.327. The average Bonchev–Trinajstić information content (AvgIpc) is 3.39. The summed E-state index contributed by atoms with van der Waals surface area (Å²) in [5.74, 6) is 0.402. The number of pyridine rings is 1. The number of benzene rings is 3. The fourth-order valence-electron chi connectivity index (χ4n) is 4.96. The van der Waals surface area contributed by atoms with Gasteiger partial charge in [0.05, 0.1) is 22.7 Å². The number of aromatic nitrogens is 2. The Morgan fingerprint density at radius 1 is 1.11 bits per heavy atom. The largest absolute Gasteiger partial charge is 0.390 e. The molecule has 2 amide bonds. The van der Waals surface area contributed by atoms with Crippen LogP contribution in [-0.2, 0) is 6.42 Å². The van der Waals surface area contributed by atoms with E-state index in [1.165, 1.54) is 0 Å². The molecule has 1 aliphatic carbocycles. The van der Waals surface area contributed by atoms with Gasteiger partial charge < -0.3 is 20.3 Å². The van der Waals surface area contributed by atoms with Crippen LogP contribution in [0.2, 0.25) is 5.02 Å². The second-order valence-electron chi connectivity index (χ2n) is 8.83. The topological polar surface area (TPSA) is 109 Å². The molecule has 0 bridgehead atoms. The molecule has 2 heterocycles. The van der Waals surface area contributed by atoms with Gasteiger partial charge in [-0.05, 0) is 54.4 Å². The molecule has 0 saturated heterocycles. The smallest absolute Gasteiger partial charge is 0.319 e. The first-order chi connectivity index (χ1) is 17.4. The minimum Gasteiger partial charge on any atom is -0.390 e. The van der Waals surface area contributed by atoms with Crippen molar-refractivity contribution >= 4 is 45.1 Å². The van der Waals surface area contributed by atoms with Crippen LogP contribution in [0.1, 0.15) is 22.9 Å². The SMILES string of the molecule is Cc1onc2c1c(=O)n(-c1ccc3c(c1)C(NC(=O)Nc1ccccc1)C(O)C3)c1cccc(Cl)c21. The predicted molar refractivity (Wildman–Crippen MR) is 138 cm³/mol. The van der Waals surface area contributed by atoms with E-state index in [9.17, 15) is 14.7 Å². The fraction of sp³-hybridized carbons (Fsp3) is 0.148. The average molecular weight is 501 g/mol. The monoisotopic (exact) mass is 500 g/mol. The number of urea groups is 1. The molecule has 9 heteroatoms. The normalized spacial score (nSPS) is 16.9. The minimum absolute atomic E-state index is 0.289. The Hall–Kier alpha value is -4.14. The maximum absolute atomic E-state index is 13.7. The van der Waals surface area contributed by atoms with E-state index < -0.39 is 18.2 Å². The van der Waals surface area contributed by atoms with E-state index in [1.807, 2.05) is 36.4 Å². The van der Waals surface area contributed by atoms with Crippen LogP contribution in [0.4, 0.5) is 10.5 Å². The van der Waals surface area contributed by atoms with Gasteiger partial charge in [-0.25, -0.2) is 4.79 Å². The Morgan fingerprint density at radius 3 is 2.72 bits per heavy atom. The van der Waals surface area contributed by atoms with E-state index in [0.717, 1.165) is 11.1 Å². The van der Waals surface area contributed by atoms with Crippen molar-refractivity contribution in [3.8, 4) is 5.69 Å². The van der Waals surface area contributed by atoms with Gasteiger partial charge in [-0.2, -0.15) is 0 Å². The molecule has 2 aromatic heterocycles. The number of hydrogen-bond donors (Lipinski definition) is 3. The lowest BCUT2D eigenvalue weighted by molar-refractivity contribution is 0.144. The van der Waals surface area contributed by atoms with Gasteiger partial charge in [-0.1, -0.05) is 47.1 Å². The number of aliphatic hydroxyl groups is 1. The first-order valence-corrected chi connectivity index (χ1v) is 11.8. The Labute approximate surface area is 210 Å². The summed E-state index contributed by atoms with van der Waals surface area (Å²) in [5, 5.41) is 21.9. The van der Waals surface area contributed by atoms with Crippen molar-refractivity contribution in [2.24, 2.45) is 0 Å². The van der Waals surface area contributed by atoms with E-state index in [0.29, 0.717) is 50.4 Å². The van der Waals surface area contributed by atoms with E-state index in [1.54, 1.807) is 41.8 Å². The standard InChI is InChI=1S/C27H21ClN4O4/c1-14-22-25(31-36-14)23-19(28)8-5-9-20(23)32(26(22)34)17-11-10-15-12-21(33)24(18(15)13-17)30-27(35)29-16-6-3-2-4-7-16/h2-11,13,21,24,33H,12H2,1H3,(H2,29,30,35). The van der Waals surface area contributed by atoms with Crippen LogP contribution in [0.5, 0.6) is 0 Å². The number of anilines is 1. The number of amides is 2. The number of carbonyl (C=O) groups excluding carboxylic acids is 1. The number of aliphatic hydroxyl groups excluding tert-OH is 1. The first-order valence-electron chi connectivity index (χ1n) is 11.5. The van der Waals surface area contributed by atoms with E-state index in [-0.39, 0.29) is 5.56 Å². The van der Waals surface area contributed by atoms with Gasteiger partial charge in [-0.3, -0.25) is 9.36 Å². The first kappa shape index (κ1) is 22.3. The van der Waals surface area contributed by atoms with Crippen LogP contribution in [0.3, 0.4) is 0 Å². The number of hydrogen-bond acceptors (Lipinski definition) is 5. The number of nitrogens with one attached hydrogen (secondary N) is 2. The molecule has 6 rings (SSSR count). The number of para-hydroxylation sites is 1. The molecule has 180 valence electrons. The van der Waals surface area contributed by atoms with E-state index in [4.69, 9.17) is 16.1 Å². The molecule has 0 spiro atoms. The summed E-state index contributed by atoms with van der Waals surface area (Å²) < 4.78 is 6.91. The van der Waals surface area contributed by atoms with Gasteiger partial charge in [-0.15, -0.1) is 0 Å². The molecule has 5 aromatic rings. The van der Waals surface area contributed by atoms with Crippen molar-refractivity contribution in [2.75, 3.05) is 5.32 Å². The lowest BCUT2D eigenvalue weighted by Gasteiger charge is -2.19. The third-order valence-corrected chi connectivity index (χ3v) is 6.92. The van der Waals surface area contributed by atoms with Gasteiger partial charge in [0.15, 0.2) is 0 Å². The van der Waals surface area contributed by atoms with Crippen LogP contribution >= 0.6 is 11.6 Å². The molecule has 1 aliphatic rings. The number of fused-ring (bicyclic) bond motifs is 4. The highest BCUT2D eigenvalue weighted by molar-refractivity contribution is 6.37. The lowest BCUT2D eigenvalue weighted by Crippen LogP contribution is -2.36. The molecule has 2 atom stereocenters. The van der Waals surface area contributed by atoms with Crippen molar-refractivity contribution in [3.63, 3.8) is 0 Å². The molecule has 0 saturated carbocycles. The van der Waals surface area contributed by atoms with Crippen molar-refractivity contribution in [1.29, 1.82) is 0 Å². The maximum Gasteiger partial charge on any atom is 0.319 e. The van der Waals surface area contributed by atoms with Crippen LogP contribution in [0.15, 0.2) is 76.0 Å². The van der Waals surface area contributed by atoms with Gasteiger partial charge in [0, 0.05) is 23.2 Å². The van der Waals surface area contributed by atoms with Gasteiger partial charge in [0.2, 0.25) is 0 Å². The second kappa shape index (κ2) is 8.51. The Balaban J connectivity index is 1.46. The second-order valence-corrected chi connectivity index (χ2v) is 9.24. The highest BCUT2D eigenvalue weighted by Gasteiger charge is 2.33. The molecular formula is C27H21ClN4O4. The van der Waals surface area contributed by atoms with Crippen molar-refractivity contribution in [3.05, 3.63) is 99.0 Å². The van der Waals surface area contributed by atoms with Crippen molar-refractivity contribution in [2.45, 2.75) is 25.5 Å². The number of nitrogens with zero attached hydrogens (tertiary/aromatic N) is 2. The zero-order valence-corrected chi connectivity index (χ0v) is 19.9. The summed E-state index contributed by atoms with van der Waals surface area (Å²) in [7, 11) is 0. The molecular weight excluding hydrogens is 480 g/mol. The Morgan fingerprint density at radius 2 is 1.92 bits per heavy atom. The van der Waals surface area contributed by atoms with Crippen molar-refractivity contribution in [1.82, 2.24) is 15.0 Å². The van der Waals surface area contributed by atoms with Crippen LogP contribution < -0.4 is 16.2 Å². The van der Waals surface area contributed by atoms with E-state index in [2.05, 4.69) is 15.8 Å². The summed E-state index contributed by atoms with van der Waals surface area (Å²) in [6, 6.07) is 18.8. The minimum atomic E-state index is -0.803. The summed E-state index contributed by atoms with van der Waals surface area (Å²) in [5.41, 5.74) is 3.58. The third-order valence-electron chi connectivity index (χ3n) is 6.60. The number of aryl methyl sites for hydroxylation is 1. The van der Waals surface area contributed by atoms with Gasteiger partial charge in [0.1, 0.15) is 16.7 Å². The molecule has 0 aliphatic heterocycles. The lowest BCUT2D eigenvalue weighted by atomic mass is 10.1. The van der Waals surface area contributed by atoms with Crippen LogP contribution in [0, 0.1) is 6.92 Å². The summed E-state index contributed by atoms with van der Waals surface area (Å²) >= 11 is 6.53. The van der Waals surface area contributed by atoms with Crippen LogP contribution in [0.25, 0.3) is 27.5 Å². The molecule has 8 nitrogen and oxygen atoms in total. The third kappa shape index (κ3) is 3.54. The highest BCUT2D eigenvalue weighted by Crippen LogP contribution is 2.35.